The number of fused-ring (bicyclic) bond motifs is 1. The molecule has 4 aromatic carbocycles. The summed E-state index contributed by atoms with van der Waals surface area (Å²) >= 11 is 6.05. The number of carbonyl (C=O) groups is 1. The van der Waals surface area contributed by atoms with Gasteiger partial charge in [-0.3, -0.25) is 14.9 Å². The van der Waals surface area contributed by atoms with Crippen molar-refractivity contribution < 1.29 is 19.2 Å². The second-order valence-electron chi connectivity index (χ2n) is 8.84. The lowest BCUT2D eigenvalue weighted by Crippen LogP contribution is -2.20. The second kappa shape index (κ2) is 12.3. The molecule has 0 aliphatic heterocycles. The summed E-state index contributed by atoms with van der Waals surface area (Å²) in [4.78, 5) is 40.9. The summed E-state index contributed by atoms with van der Waals surface area (Å²) in [6.45, 7) is 0. The number of benzene rings is 4. The van der Waals surface area contributed by atoms with Gasteiger partial charge in [0.25, 0.3) is 11.2 Å². The van der Waals surface area contributed by atoms with Crippen LogP contribution in [0.4, 0.5) is 5.69 Å². The molecule has 0 saturated carbocycles. The molecule has 0 bridgehead atoms. The number of ether oxygens (including phenoxy) is 2. The molecular formula is C31H21ClN4O6. The van der Waals surface area contributed by atoms with Crippen LogP contribution in [-0.2, 0) is 4.79 Å². The Morgan fingerprint density at radius 3 is 2.52 bits per heavy atom. The molecule has 0 aliphatic rings. The molecule has 208 valence electrons. The SMILES string of the molecule is COc1cc(C=Nn2c(-c3ccc(Cl)cc3)nc3ccccc3c2=O)ccc1OC(=O)/C=C/c1cccc([N+](=O)[O-])c1. The molecule has 0 fully saturated rings. The van der Waals surface area contributed by atoms with E-state index in [0.717, 1.165) is 6.08 Å². The molecule has 5 rings (SSSR count). The molecule has 0 atom stereocenters. The molecule has 0 amide bonds. The van der Waals surface area contributed by atoms with Gasteiger partial charge >= 0.3 is 5.97 Å². The van der Waals surface area contributed by atoms with Crippen LogP contribution >= 0.6 is 11.6 Å². The molecule has 1 aromatic heterocycles. The number of methoxy groups -OCH3 is 1. The van der Waals surface area contributed by atoms with Gasteiger partial charge in [-0.25, -0.2) is 9.78 Å². The molecule has 5 aromatic rings. The summed E-state index contributed by atoms with van der Waals surface area (Å²) < 4.78 is 12.0. The van der Waals surface area contributed by atoms with Gasteiger partial charge in [0.15, 0.2) is 17.3 Å². The van der Waals surface area contributed by atoms with Crippen LogP contribution in [-0.4, -0.2) is 33.9 Å². The summed E-state index contributed by atoms with van der Waals surface area (Å²) in [5.74, 6) is 0.0231. The largest absolute Gasteiger partial charge is 0.493 e. The molecule has 0 N–H and O–H groups in total. The van der Waals surface area contributed by atoms with Crippen molar-refractivity contribution in [1.82, 2.24) is 9.66 Å². The highest BCUT2D eigenvalue weighted by atomic mass is 35.5. The molecule has 0 saturated heterocycles. The number of hydrogen-bond acceptors (Lipinski definition) is 8. The van der Waals surface area contributed by atoms with Gasteiger partial charge in [-0.05, 0) is 71.8 Å². The normalized spacial score (nSPS) is 11.3. The highest BCUT2D eigenvalue weighted by molar-refractivity contribution is 6.30. The van der Waals surface area contributed by atoms with E-state index >= 15 is 0 Å². The quantitative estimate of drug-likeness (QED) is 0.0539. The van der Waals surface area contributed by atoms with Crippen LogP contribution in [0, 0.1) is 10.1 Å². The van der Waals surface area contributed by atoms with Crippen molar-refractivity contribution in [3.63, 3.8) is 0 Å². The van der Waals surface area contributed by atoms with Gasteiger partial charge < -0.3 is 9.47 Å². The Labute approximate surface area is 243 Å². The van der Waals surface area contributed by atoms with Gasteiger partial charge in [0.1, 0.15) is 0 Å². The lowest BCUT2D eigenvalue weighted by Gasteiger charge is -2.10. The first-order valence-electron chi connectivity index (χ1n) is 12.5. The summed E-state index contributed by atoms with van der Waals surface area (Å²) in [6, 6.07) is 24.5. The van der Waals surface area contributed by atoms with Crippen LogP contribution in [0.25, 0.3) is 28.4 Å². The zero-order chi connectivity index (χ0) is 29.6. The highest BCUT2D eigenvalue weighted by Gasteiger charge is 2.13. The van der Waals surface area contributed by atoms with Crippen molar-refractivity contribution in [3.05, 3.63) is 134 Å². The lowest BCUT2D eigenvalue weighted by molar-refractivity contribution is -0.384. The molecule has 0 spiro atoms. The first-order chi connectivity index (χ1) is 20.3. The fraction of sp³-hybridized carbons (Fsp3) is 0.0323. The summed E-state index contributed by atoms with van der Waals surface area (Å²) in [7, 11) is 1.42. The standard InChI is InChI=1S/C31H21ClN4O6/c1-41-28-18-21(9-15-27(28)42-29(37)16-10-20-5-4-6-24(17-20)36(39)40)19-33-35-30(22-11-13-23(32)14-12-22)34-26-8-3-2-7-25(26)31(35)38/h2-19H,1H3/b16-10+,33-19?. The molecular weight excluding hydrogens is 560 g/mol. The number of halogens is 1. The minimum Gasteiger partial charge on any atom is -0.493 e. The van der Waals surface area contributed by atoms with E-state index < -0.39 is 10.9 Å². The van der Waals surface area contributed by atoms with Crippen molar-refractivity contribution in [2.45, 2.75) is 0 Å². The number of rotatable bonds is 8. The van der Waals surface area contributed by atoms with Crippen LogP contribution in [0.2, 0.25) is 5.02 Å². The Morgan fingerprint density at radius 2 is 1.76 bits per heavy atom. The topological polar surface area (TPSA) is 126 Å². The third-order valence-electron chi connectivity index (χ3n) is 6.07. The van der Waals surface area contributed by atoms with Crippen LogP contribution in [0.5, 0.6) is 11.5 Å². The third kappa shape index (κ3) is 6.24. The van der Waals surface area contributed by atoms with E-state index in [1.165, 1.54) is 48.3 Å². The molecule has 0 unspecified atom stereocenters. The maximum absolute atomic E-state index is 13.4. The Kier molecular flexibility index (Phi) is 8.17. The number of aromatic nitrogens is 2. The van der Waals surface area contributed by atoms with E-state index in [2.05, 4.69) is 10.1 Å². The van der Waals surface area contributed by atoms with Crippen LogP contribution in [0.15, 0.2) is 107 Å². The van der Waals surface area contributed by atoms with E-state index in [4.69, 9.17) is 21.1 Å². The summed E-state index contributed by atoms with van der Waals surface area (Å²) in [5, 5.41) is 16.3. The number of hydrogen-bond donors (Lipinski definition) is 0. The number of non-ortho nitro benzene ring substituents is 1. The number of nitro groups is 1. The Balaban J connectivity index is 1.41. The second-order valence-corrected chi connectivity index (χ2v) is 9.27. The zero-order valence-corrected chi connectivity index (χ0v) is 22.8. The van der Waals surface area contributed by atoms with Gasteiger partial charge in [0.05, 0.1) is 29.2 Å². The molecule has 42 heavy (non-hydrogen) atoms. The van der Waals surface area contributed by atoms with Crippen LogP contribution in [0.1, 0.15) is 11.1 Å². The van der Waals surface area contributed by atoms with Gasteiger partial charge in [0, 0.05) is 28.8 Å². The summed E-state index contributed by atoms with van der Waals surface area (Å²) in [5.41, 5.74) is 1.77. The number of carbonyl (C=O) groups excluding carboxylic acids is 1. The van der Waals surface area contributed by atoms with Crippen molar-refractivity contribution in [2.24, 2.45) is 5.10 Å². The van der Waals surface area contributed by atoms with E-state index in [-0.39, 0.29) is 22.7 Å². The summed E-state index contributed by atoms with van der Waals surface area (Å²) in [6.07, 6.45) is 4.04. The average Bonchev–Trinajstić information content (AvgIpc) is 3.00. The van der Waals surface area contributed by atoms with Crippen LogP contribution in [0.3, 0.4) is 0 Å². The highest BCUT2D eigenvalue weighted by Crippen LogP contribution is 2.28. The van der Waals surface area contributed by atoms with Crippen molar-refractivity contribution in [1.29, 1.82) is 0 Å². The molecule has 0 aliphatic carbocycles. The van der Waals surface area contributed by atoms with Gasteiger partial charge in [0.2, 0.25) is 0 Å². The molecule has 11 heteroatoms. The van der Waals surface area contributed by atoms with E-state index in [1.54, 1.807) is 66.7 Å². The Hall–Kier alpha value is -5.61. The fourth-order valence-electron chi connectivity index (χ4n) is 4.04. The molecule has 1 heterocycles. The molecule has 0 radical (unpaired) electrons. The van der Waals surface area contributed by atoms with Crippen molar-refractivity contribution >= 4 is 46.5 Å². The Morgan fingerprint density at radius 1 is 0.976 bits per heavy atom. The first-order valence-corrected chi connectivity index (χ1v) is 12.8. The zero-order valence-electron chi connectivity index (χ0n) is 22.0. The molecule has 10 nitrogen and oxygen atoms in total. The number of para-hydroxylation sites is 1. The van der Waals surface area contributed by atoms with Crippen molar-refractivity contribution in [3.8, 4) is 22.9 Å². The van der Waals surface area contributed by atoms with Crippen LogP contribution < -0.4 is 15.0 Å². The lowest BCUT2D eigenvalue weighted by atomic mass is 10.2. The Bertz CT molecular complexity index is 1930. The van der Waals surface area contributed by atoms with Gasteiger partial charge in [-0.1, -0.05) is 35.9 Å². The van der Waals surface area contributed by atoms with E-state index in [1.807, 2.05) is 0 Å². The predicted octanol–water partition coefficient (Wildman–Crippen LogP) is 6.13. The number of nitrogens with zero attached hydrogens (tertiary/aromatic N) is 4. The first kappa shape index (κ1) is 27.9. The number of nitro benzene ring substituents is 1. The minimum absolute atomic E-state index is 0.0912. The third-order valence-corrected chi connectivity index (χ3v) is 6.32. The van der Waals surface area contributed by atoms with E-state index in [9.17, 15) is 19.7 Å². The maximum Gasteiger partial charge on any atom is 0.336 e. The van der Waals surface area contributed by atoms with Gasteiger partial charge in [-0.15, -0.1) is 0 Å². The minimum atomic E-state index is -0.706. The number of esters is 1. The monoisotopic (exact) mass is 580 g/mol. The van der Waals surface area contributed by atoms with Gasteiger partial charge in [-0.2, -0.15) is 9.78 Å². The smallest absolute Gasteiger partial charge is 0.336 e. The maximum atomic E-state index is 13.4. The average molecular weight is 581 g/mol. The fourth-order valence-corrected chi connectivity index (χ4v) is 4.16. The van der Waals surface area contributed by atoms with Crippen molar-refractivity contribution in [2.75, 3.05) is 7.11 Å². The van der Waals surface area contributed by atoms with E-state index in [0.29, 0.717) is 38.4 Å². The predicted molar refractivity (Wildman–Crippen MR) is 160 cm³/mol.